The van der Waals surface area contributed by atoms with E-state index in [0.29, 0.717) is 5.92 Å². The molecule has 1 rings (SSSR count). The molecule has 0 fully saturated rings. The summed E-state index contributed by atoms with van der Waals surface area (Å²) in [5.41, 5.74) is 2.85. The van der Waals surface area contributed by atoms with Gasteiger partial charge < -0.3 is 0 Å². The average Bonchev–Trinajstić information content (AvgIpc) is 2.42. The van der Waals surface area contributed by atoms with Crippen molar-refractivity contribution in [3.63, 3.8) is 0 Å². The van der Waals surface area contributed by atoms with E-state index in [1.54, 1.807) is 0 Å². The Kier molecular flexibility index (Phi) is 6.86. The van der Waals surface area contributed by atoms with Crippen LogP contribution in [0, 0.1) is 0 Å². The van der Waals surface area contributed by atoms with E-state index >= 15 is 0 Å². The van der Waals surface area contributed by atoms with Gasteiger partial charge in [-0.2, -0.15) is 0 Å². The Bertz CT molecular complexity index is 407. The largest absolute Gasteiger partial charge is 0.0877 e. The second-order valence-corrected chi connectivity index (χ2v) is 4.60. The van der Waals surface area contributed by atoms with Gasteiger partial charge in [0, 0.05) is 5.92 Å². The van der Waals surface area contributed by atoms with Crippen molar-refractivity contribution in [2.75, 3.05) is 0 Å². The third kappa shape index (κ3) is 5.18. The lowest BCUT2D eigenvalue weighted by Crippen LogP contribution is -1.94. The Labute approximate surface area is 112 Å². The van der Waals surface area contributed by atoms with Gasteiger partial charge in [0.1, 0.15) is 0 Å². The quantitative estimate of drug-likeness (QED) is 0.445. The van der Waals surface area contributed by atoms with Crippen molar-refractivity contribution in [3.8, 4) is 0 Å². The summed E-state index contributed by atoms with van der Waals surface area (Å²) in [5, 5.41) is 0. The second kappa shape index (κ2) is 8.52. The first-order chi connectivity index (χ1) is 8.77. The summed E-state index contributed by atoms with van der Waals surface area (Å²) in [6.07, 6.45) is 13.0. The summed E-state index contributed by atoms with van der Waals surface area (Å²) in [6.45, 7) is 6.50. The summed E-state index contributed by atoms with van der Waals surface area (Å²) in [5.74, 6) is 0.543. The molecule has 0 radical (unpaired) electrons. The summed E-state index contributed by atoms with van der Waals surface area (Å²) in [7, 11) is 0. The van der Waals surface area contributed by atoms with Crippen molar-refractivity contribution in [1.82, 2.24) is 0 Å². The minimum Gasteiger partial charge on any atom is -0.0877 e. The molecule has 0 heterocycles. The molecule has 0 nitrogen and oxygen atoms in total. The summed E-state index contributed by atoms with van der Waals surface area (Å²) >= 11 is 0. The zero-order valence-corrected chi connectivity index (χ0v) is 11.8. The van der Waals surface area contributed by atoms with Crippen LogP contribution in [-0.4, -0.2) is 0 Å². The molecule has 1 aromatic rings. The fourth-order valence-corrected chi connectivity index (χ4v) is 2.01. The van der Waals surface area contributed by atoms with E-state index in [1.807, 2.05) is 13.0 Å². The number of hydrogen-bond acceptors (Lipinski definition) is 0. The van der Waals surface area contributed by atoms with Crippen LogP contribution in [0.4, 0.5) is 0 Å². The van der Waals surface area contributed by atoms with Gasteiger partial charge in [0.2, 0.25) is 0 Å². The molecule has 1 atom stereocenters. The van der Waals surface area contributed by atoms with E-state index in [9.17, 15) is 0 Å². The van der Waals surface area contributed by atoms with Gasteiger partial charge in [0.05, 0.1) is 0 Å². The fraction of sp³-hybridized carbons (Fsp3) is 0.333. The maximum atomic E-state index is 2.40. The molecule has 0 spiro atoms. The highest BCUT2D eigenvalue weighted by Gasteiger charge is 2.05. The standard InChI is InChI=1S/C18H24/c1-4-6-7-9-12-16(3)15-17(5-2)18-13-10-8-11-14-18/h4,6-11,13-15,17H,5,12H2,1-3H3/b6-4-,9-7?,16-15+. The van der Waals surface area contributed by atoms with Crippen LogP contribution in [0.5, 0.6) is 0 Å². The van der Waals surface area contributed by atoms with Gasteiger partial charge in [-0.25, -0.2) is 0 Å². The number of allylic oxidation sites excluding steroid dienone is 6. The van der Waals surface area contributed by atoms with E-state index in [2.05, 4.69) is 68.5 Å². The lowest BCUT2D eigenvalue weighted by Gasteiger charge is -2.11. The van der Waals surface area contributed by atoms with Gasteiger partial charge in [0.25, 0.3) is 0 Å². The zero-order valence-electron chi connectivity index (χ0n) is 11.8. The molecular formula is C18H24. The molecule has 0 aromatic heterocycles. The van der Waals surface area contributed by atoms with E-state index in [-0.39, 0.29) is 0 Å². The molecule has 0 bridgehead atoms. The van der Waals surface area contributed by atoms with Crippen molar-refractivity contribution < 1.29 is 0 Å². The fourth-order valence-electron chi connectivity index (χ4n) is 2.01. The minimum atomic E-state index is 0.543. The summed E-state index contributed by atoms with van der Waals surface area (Å²) in [4.78, 5) is 0. The molecule has 0 amide bonds. The normalized spacial score (nSPS) is 14.5. The first-order valence-electron chi connectivity index (χ1n) is 6.78. The summed E-state index contributed by atoms with van der Waals surface area (Å²) in [6, 6.07) is 10.7. The topological polar surface area (TPSA) is 0 Å². The molecule has 0 aliphatic heterocycles. The maximum Gasteiger partial charge on any atom is 0.00180 e. The van der Waals surface area contributed by atoms with Gasteiger partial charge in [-0.1, -0.05) is 73.2 Å². The Morgan fingerprint density at radius 3 is 2.50 bits per heavy atom. The SMILES string of the molecule is C/C=C\C=CC/C(C)=C/C(CC)c1ccccc1. The van der Waals surface area contributed by atoms with Crippen LogP contribution in [0.3, 0.4) is 0 Å². The highest BCUT2D eigenvalue weighted by atomic mass is 14.1. The Morgan fingerprint density at radius 2 is 1.89 bits per heavy atom. The van der Waals surface area contributed by atoms with Crippen LogP contribution < -0.4 is 0 Å². The average molecular weight is 240 g/mol. The number of hydrogen-bond donors (Lipinski definition) is 0. The second-order valence-electron chi connectivity index (χ2n) is 4.60. The van der Waals surface area contributed by atoms with Gasteiger partial charge in [-0.05, 0) is 32.3 Å². The third-order valence-electron chi connectivity index (χ3n) is 3.03. The number of benzene rings is 1. The molecule has 0 N–H and O–H groups in total. The lowest BCUT2D eigenvalue weighted by atomic mass is 9.94. The molecule has 0 saturated carbocycles. The molecule has 0 saturated heterocycles. The van der Waals surface area contributed by atoms with Crippen molar-refractivity contribution in [2.24, 2.45) is 0 Å². The van der Waals surface area contributed by atoms with Gasteiger partial charge >= 0.3 is 0 Å². The maximum absolute atomic E-state index is 2.40. The molecular weight excluding hydrogens is 216 g/mol. The van der Waals surface area contributed by atoms with E-state index < -0.39 is 0 Å². The van der Waals surface area contributed by atoms with Crippen molar-refractivity contribution in [1.29, 1.82) is 0 Å². The van der Waals surface area contributed by atoms with Crippen LogP contribution in [0.25, 0.3) is 0 Å². The molecule has 0 heteroatoms. The monoisotopic (exact) mass is 240 g/mol. The Balaban J connectivity index is 2.66. The predicted molar refractivity (Wildman–Crippen MR) is 81.8 cm³/mol. The van der Waals surface area contributed by atoms with Gasteiger partial charge in [0.15, 0.2) is 0 Å². The highest BCUT2D eigenvalue weighted by Crippen LogP contribution is 2.22. The van der Waals surface area contributed by atoms with Crippen LogP contribution >= 0.6 is 0 Å². The van der Waals surface area contributed by atoms with Crippen LogP contribution in [0.1, 0.15) is 45.1 Å². The molecule has 96 valence electrons. The zero-order chi connectivity index (χ0) is 13.2. The molecule has 1 aromatic carbocycles. The van der Waals surface area contributed by atoms with Crippen LogP contribution in [-0.2, 0) is 0 Å². The van der Waals surface area contributed by atoms with Crippen LogP contribution in [0.15, 0.2) is 66.3 Å². The predicted octanol–water partition coefficient (Wildman–Crippen LogP) is 5.65. The van der Waals surface area contributed by atoms with E-state index in [4.69, 9.17) is 0 Å². The third-order valence-corrected chi connectivity index (χ3v) is 3.03. The molecule has 1 unspecified atom stereocenters. The Hall–Kier alpha value is -1.56. The minimum absolute atomic E-state index is 0.543. The van der Waals surface area contributed by atoms with Crippen molar-refractivity contribution in [2.45, 2.75) is 39.5 Å². The van der Waals surface area contributed by atoms with E-state index in [0.717, 1.165) is 12.8 Å². The molecule has 18 heavy (non-hydrogen) atoms. The van der Waals surface area contributed by atoms with Crippen molar-refractivity contribution >= 4 is 0 Å². The first-order valence-corrected chi connectivity index (χ1v) is 6.78. The molecule has 0 aliphatic carbocycles. The first kappa shape index (κ1) is 14.5. The van der Waals surface area contributed by atoms with Crippen molar-refractivity contribution in [3.05, 3.63) is 71.8 Å². The number of rotatable bonds is 6. The van der Waals surface area contributed by atoms with Gasteiger partial charge in [-0.3, -0.25) is 0 Å². The van der Waals surface area contributed by atoms with E-state index in [1.165, 1.54) is 11.1 Å². The summed E-state index contributed by atoms with van der Waals surface area (Å²) < 4.78 is 0. The Morgan fingerprint density at radius 1 is 1.17 bits per heavy atom. The van der Waals surface area contributed by atoms with Gasteiger partial charge in [-0.15, -0.1) is 0 Å². The lowest BCUT2D eigenvalue weighted by molar-refractivity contribution is 0.795. The molecule has 0 aliphatic rings. The smallest absolute Gasteiger partial charge is 0.00180 e. The van der Waals surface area contributed by atoms with Crippen LogP contribution in [0.2, 0.25) is 0 Å². The highest BCUT2D eigenvalue weighted by molar-refractivity contribution is 5.25.